The topological polar surface area (TPSA) is 129 Å². The van der Waals surface area contributed by atoms with E-state index in [9.17, 15) is 32.7 Å². The molecule has 1 spiro atoms. The summed E-state index contributed by atoms with van der Waals surface area (Å²) in [4.78, 5) is 40.8. The molecule has 4 aromatic rings. The summed E-state index contributed by atoms with van der Waals surface area (Å²) in [6, 6.07) is 16.6. The van der Waals surface area contributed by atoms with Gasteiger partial charge in [-0.3, -0.25) is 13.9 Å². The number of halogens is 4. The van der Waals surface area contributed by atoms with E-state index in [1.54, 1.807) is 48.5 Å². The molecule has 0 aliphatic carbocycles. The van der Waals surface area contributed by atoms with Crippen LogP contribution in [0.1, 0.15) is 68.9 Å². The first-order valence-electron chi connectivity index (χ1n) is 15.1. The predicted molar refractivity (Wildman–Crippen MR) is 164 cm³/mol. The van der Waals surface area contributed by atoms with Gasteiger partial charge in [0.1, 0.15) is 17.5 Å². The van der Waals surface area contributed by atoms with Crippen LogP contribution in [0.5, 0.6) is 0 Å². The molecule has 1 fully saturated rings. The average molecular weight is 653 g/mol. The number of nitrogens with two attached hydrogens (primary N) is 1. The molecule has 47 heavy (non-hydrogen) atoms. The molecule has 3 aromatic carbocycles. The van der Waals surface area contributed by atoms with E-state index in [-0.39, 0.29) is 29.8 Å². The van der Waals surface area contributed by atoms with Crippen LogP contribution < -0.4 is 22.3 Å². The molecule has 0 saturated carbocycles. The number of piperidine rings is 1. The minimum absolute atomic E-state index is 0.00278. The van der Waals surface area contributed by atoms with Crippen molar-refractivity contribution in [1.29, 1.82) is 0 Å². The van der Waals surface area contributed by atoms with Crippen molar-refractivity contribution >= 4 is 5.97 Å². The Morgan fingerprint density at radius 3 is 2.36 bits per heavy atom. The highest BCUT2D eigenvalue weighted by Gasteiger charge is 2.50. The molecule has 0 amide bonds. The number of benzene rings is 3. The molecule has 2 aliphatic heterocycles. The van der Waals surface area contributed by atoms with Crippen LogP contribution in [-0.4, -0.2) is 33.3 Å². The molecular weight excluding hydrogens is 620 g/mol. The summed E-state index contributed by atoms with van der Waals surface area (Å²) in [6.45, 7) is -0.297. The molecule has 13 heteroatoms. The minimum Gasteiger partial charge on any atom is -0.478 e. The molecule has 0 radical (unpaired) electrons. The Balaban J connectivity index is 1.61. The Morgan fingerprint density at radius 2 is 1.68 bits per heavy atom. The maximum Gasteiger partial charge on any atom is 0.416 e. The van der Waals surface area contributed by atoms with Gasteiger partial charge in [-0.15, -0.1) is 0 Å². The minimum atomic E-state index is -4.94. The van der Waals surface area contributed by atoms with E-state index in [1.807, 2.05) is 0 Å². The average Bonchev–Trinajstić information content (AvgIpc) is 3.34. The van der Waals surface area contributed by atoms with Crippen LogP contribution in [0.3, 0.4) is 0 Å². The van der Waals surface area contributed by atoms with Crippen LogP contribution >= 0.6 is 0 Å². The van der Waals surface area contributed by atoms with Crippen LogP contribution in [0.4, 0.5) is 17.6 Å². The molecule has 9 nitrogen and oxygen atoms in total. The van der Waals surface area contributed by atoms with Gasteiger partial charge in [-0.05, 0) is 55.3 Å². The quantitative estimate of drug-likeness (QED) is 0.239. The third-order valence-corrected chi connectivity index (χ3v) is 9.01. The van der Waals surface area contributed by atoms with Crippen molar-refractivity contribution in [3.05, 3.63) is 139 Å². The Labute approximate surface area is 266 Å². The summed E-state index contributed by atoms with van der Waals surface area (Å²) >= 11 is 0. The van der Waals surface area contributed by atoms with E-state index in [0.717, 1.165) is 27.3 Å². The SMILES string of the molecule is NC(Cn1c(=O)c2c(n(Cc3c(F)cccc3C(F)(F)F)c1=O)C(Cc1ccccc1C(=O)O)OC21CCNCC1)c1ccccc1. The van der Waals surface area contributed by atoms with Crippen LogP contribution in [-0.2, 0) is 36.0 Å². The fraction of sp³-hybridized carbons (Fsp3) is 0.324. The van der Waals surface area contributed by atoms with Crippen molar-refractivity contribution in [3.8, 4) is 0 Å². The number of hydrogen-bond donors (Lipinski definition) is 3. The number of carboxylic acid groups (broad SMARTS) is 1. The Bertz CT molecular complexity index is 1930. The number of hydrogen-bond acceptors (Lipinski definition) is 6. The van der Waals surface area contributed by atoms with Gasteiger partial charge in [-0.25, -0.2) is 14.0 Å². The van der Waals surface area contributed by atoms with Gasteiger partial charge in [0, 0.05) is 18.0 Å². The Morgan fingerprint density at radius 1 is 1.00 bits per heavy atom. The van der Waals surface area contributed by atoms with Gasteiger partial charge in [0.25, 0.3) is 5.56 Å². The highest BCUT2D eigenvalue weighted by atomic mass is 19.4. The lowest BCUT2D eigenvalue weighted by Crippen LogP contribution is -2.49. The lowest BCUT2D eigenvalue weighted by atomic mass is 9.85. The van der Waals surface area contributed by atoms with Gasteiger partial charge < -0.3 is 20.9 Å². The predicted octanol–water partition coefficient (Wildman–Crippen LogP) is 4.51. The zero-order chi connectivity index (χ0) is 33.5. The number of nitrogens with one attached hydrogen (secondary N) is 1. The van der Waals surface area contributed by atoms with Gasteiger partial charge in [0.15, 0.2) is 0 Å². The molecule has 3 heterocycles. The molecule has 2 atom stereocenters. The number of rotatable bonds is 8. The van der Waals surface area contributed by atoms with E-state index >= 15 is 4.39 Å². The molecule has 6 rings (SSSR count). The molecule has 0 bridgehead atoms. The van der Waals surface area contributed by atoms with E-state index in [4.69, 9.17) is 10.5 Å². The Hall–Kier alpha value is -4.59. The largest absolute Gasteiger partial charge is 0.478 e. The van der Waals surface area contributed by atoms with Crippen molar-refractivity contribution < 1.29 is 32.2 Å². The smallest absolute Gasteiger partial charge is 0.416 e. The number of alkyl halides is 3. The molecule has 2 aliphatic rings. The third-order valence-electron chi connectivity index (χ3n) is 9.01. The van der Waals surface area contributed by atoms with E-state index in [2.05, 4.69) is 5.32 Å². The molecule has 2 unspecified atom stereocenters. The number of aromatic nitrogens is 2. The van der Waals surface area contributed by atoms with Gasteiger partial charge in [-0.2, -0.15) is 13.2 Å². The number of nitrogens with zero attached hydrogens (tertiary/aromatic N) is 2. The second-order valence-corrected chi connectivity index (χ2v) is 11.8. The maximum absolute atomic E-state index is 15.3. The second kappa shape index (κ2) is 12.5. The first-order chi connectivity index (χ1) is 22.4. The molecule has 1 saturated heterocycles. The molecule has 246 valence electrons. The number of aromatic carboxylic acids is 1. The van der Waals surface area contributed by atoms with Gasteiger partial charge in [0.05, 0.1) is 35.5 Å². The fourth-order valence-electron chi connectivity index (χ4n) is 6.77. The van der Waals surface area contributed by atoms with Crippen LogP contribution in [0.25, 0.3) is 0 Å². The number of ether oxygens (including phenoxy) is 1. The number of carboxylic acids is 1. The normalized spacial score (nSPS) is 17.9. The van der Waals surface area contributed by atoms with Crippen molar-refractivity contribution in [1.82, 2.24) is 14.5 Å². The highest BCUT2D eigenvalue weighted by molar-refractivity contribution is 5.89. The van der Waals surface area contributed by atoms with Gasteiger partial charge in [0.2, 0.25) is 0 Å². The van der Waals surface area contributed by atoms with E-state index < -0.39 is 64.6 Å². The van der Waals surface area contributed by atoms with Crippen molar-refractivity contribution in [2.24, 2.45) is 5.73 Å². The second-order valence-electron chi connectivity index (χ2n) is 11.8. The first-order valence-corrected chi connectivity index (χ1v) is 15.1. The summed E-state index contributed by atoms with van der Waals surface area (Å²) in [5, 5.41) is 13.1. The van der Waals surface area contributed by atoms with Crippen LogP contribution in [0, 0.1) is 5.82 Å². The molecule has 1 aromatic heterocycles. The number of carbonyl (C=O) groups is 1. The van der Waals surface area contributed by atoms with Crippen molar-refractivity contribution in [3.63, 3.8) is 0 Å². The summed E-state index contributed by atoms with van der Waals surface area (Å²) in [6.07, 6.45) is -5.57. The lowest BCUT2D eigenvalue weighted by Gasteiger charge is -2.34. The van der Waals surface area contributed by atoms with Gasteiger partial charge in [-0.1, -0.05) is 54.6 Å². The lowest BCUT2D eigenvalue weighted by molar-refractivity contribution is -0.138. The number of fused-ring (bicyclic) bond motifs is 2. The van der Waals surface area contributed by atoms with Crippen LogP contribution in [0.15, 0.2) is 82.4 Å². The first kappa shape index (κ1) is 32.4. The van der Waals surface area contributed by atoms with Crippen molar-refractivity contribution in [2.75, 3.05) is 13.1 Å². The summed E-state index contributed by atoms with van der Waals surface area (Å²) in [7, 11) is 0. The van der Waals surface area contributed by atoms with E-state index in [0.29, 0.717) is 37.1 Å². The van der Waals surface area contributed by atoms with Gasteiger partial charge >= 0.3 is 17.8 Å². The van der Waals surface area contributed by atoms with E-state index in [1.165, 1.54) is 6.07 Å². The zero-order valence-electron chi connectivity index (χ0n) is 25.1. The fourth-order valence-corrected chi connectivity index (χ4v) is 6.77. The Kier molecular flexibility index (Phi) is 8.64. The van der Waals surface area contributed by atoms with Crippen LogP contribution in [0.2, 0.25) is 0 Å². The standard InChI is InChI=1S/C34H32F4N4O5/c35-25-12-6-11-24(34(36,37)38)23(25)18-41-29-27(17-21-9-4-5-10-22(21)31(44)45)47-33(13-15-40-16-14-33)28(29)30(43)42(32(41)46)19-26(39)20-7-2-1-3-8-20/h1-12,26-27,40H,13-19,39H2,(H,44,45). The van der Waals surface area contributed by atoms with Crippen molar-refractivity contribution in [2.45, 2.75) is 56.3 Å². The highest BCUT2D eigenvalue weighted by Crippen LogP contribution is 2.48. The summed E-state index contributed by atoms with van der Waals surface area (Å²) < 4.78 is 66.3. The monoisotopic (exact) mass is 652 g/mol. The third kappa shape index (κ3) is 6.01. The maximum atomic E-state index is 15.3. The zero-order valence-corrected chi connectivity index (χ0v) is 25.1. The summed E-state index contributed by atoms with van der Waals surface area (Å²) in [5.41, 5.74) is 2.49. The molecule has 4 N–H and O–H groups in total. The summed E-state index contributed by atoms with van der Waals surface area (Å²) in [5.74, 6) is -2.39. The molecular formula is C34H32F4N4O5.